The molecule has 0 bridgehead atoms. The molecule has 0 radical (unpaired) electrons. The minimum atomic E-state index is 0.199. The van der Waals surface area contributed by atoms with E-state index in [1.165, 1.54) is 0 Å². The molecule has 1 N–H and O–H groups in total. The molecule has 0 saturated carbocycles. The highest BCUT2D eigenvalue weighted by atomic mass is 32.1. The fourth-order valence-corrected chi connectivity index (χ4v) is 3.03. The Morgan fingerprint density at radius 2 is 2.38 bits per heavy atom. The van der Waals surface area contributed by atoms with Crippen molar-refractivity contribution >= 4 is 11.3 Å². The molecule has 0 spiro atoms. The third-order valence-electron chi connectivity index (χ3n) is 2.82. The molecule has 1 aromatic rings. The van der Waals surface area contributed by atoms with E-state index in [1.807, 2.05) is 0 Å². The largest absolute Gasteiger partial charge is 0.371 e. The Balaban J connectivity index is 2.05. The summed E-state index contributed by atoms with van der Waals surface area (Å²) in [5.74, 6) is 0. The van der Waals surface area contributed by atoms with Gasteiger partial charge in [0.15, 0.2) is 0 Å². The Morgan fingerprint density at radius 3 is 3.00 bits per heavy atom. The zero-order valence-corrected chi connectivity index (χ0v) is 10.7. The number of hydrogen-bond donors (Lipinski definition) is 1. The van der Waals surface area contributed by atoms with Gasteiger partial charge in [-0.2, -0.15) is 0 Å². The Labute approximate surface area is 100 Å². The van der Waals surface area contributed by atoms with Crippen LogP contribution in [0.2, 0.25) is 0 Å². The van der Waals surface area contributed by atoms with Crippen LogP contribution in [-0.2, 0) is 4.74 Å². The van der Waals surface area contributed by atoms with Crippen molar-refractivity contribution in [3.05, 3.63) is 10.0 Å². The van der Waals surface area contributed by atoms with Crippen LogP contribution in [0.3, 0.4) is 0 Å². The van der Waals surface area contributed by atoms with Crippen LogP contribution in [0.1, 0.15) is 55.3 Å². The molecule has 1 saturated heterocycles. The molecule has 2 heterocycles. The Kier molecular flexibility index (Phi) is 4.26. The zero-order chi connectivity index (χ0) is 11.4. The molecule has 1 fully saturated rings. The number of ether oxygens (including phenoxy) is 1. The van der Waals surface area contributed by atoms with Crippen LogP contribution >= 0.6 is 11.3 Å². The van der Waals surface area contributed by atoms with Crippen molar-refractivity contribution in [2.24, 2.45) is 0 Å². The highest BCUT2D eigenvalue weighted by Gasteiger charge is 2.23. The third-order valence-corrected chi connectivity index (χ3v) is 3.95. The average Bonchev–Trinajstić information content (AvgIpc) is 2.95. The monoisotopic (exact) mass is 241 g/mol. The molecule has 16 heavy (non-hydrogen) atoms. The van der Waals surface area contributed by atoms with Gasteiger partial charge in [0.25, 0.3) is 0 Å². The highest BCUT2D eigenvalue weighted by Crippen LogP contribution is 2.32. The number of nitrogens with one attached hydrogen (secondary N) is 1. The van der Waals surface area contributed by atoms with Gasteiger partial charge in [-0.05, 0) is 25.8 Å². The summed E-state index contributed by atoms with van der Waals surface area (Å²) in [5.41, 5.74) is 0. The quantitative estimate of drug-likeness (QED) is 0.860. The van der Waals surface area contributed by atoms with Crippen molar-refractivity contribution in [2.75, 3.05) is 13.2 Å². The van der Waals surface area contributed by atoms with Crippen LogP contribution in [-0.4, -0.2) is 23.3 Å². The molecule has 0 aliphatic carbocycles. The van der Waals surface area contributed by atoms with Gasteiger partial charge in [0.05, 0.1) is 6.04 Å². The van der Waals surface area contributed by atoms with Crippen molar-refractivity contribution in [2.45, 2.75) is 45.3 Å². The first-order valence-electron chi connectivity index (χ1n) is 6.03. The molecule has 2 atom stereocenters. The lowest BCUT2D eigenvalue weighted by Crippen LogP contribution is -2.19. The molecule has 1 aliphatic rings. The van der Waals surface area contributed by atoms with E-state index in [-0.39, 0.29) is 6.10 Å². The van der Waals surface area contributed by atoms with Gasteiger partial charge in [-0.25, -0.2) is 0 Å². The third kappa shape index (κ3) is 2.59. The SMILES string of the molecule is CCNC(CC)c1nnc(C2CCCO2)s1. The average molecular weight is 241 g/mol. The molecule has 1 aliphatic heterocycles. The van der Waals surface area contributed by atoms with Crippen LogP contribution in [0, 0.1) is 0 Å². The van der Waals surface area contributed by atoms with E-state index in [4.69, 9.17) is 4.74 Å². The van der Waals surface area contributed by atoms with E-state index in [0.29, 0.717) is 6.04 Å². The van der Waals surface area contributed by atoms with Crippen molar-refractivity contribution in [1.29, 1.82) is 0 Å². The molecule has 2 unspecified atom stereocenters. The summed E-state index contributed by atoms with van der Waals surface area (Å²) in [6.45, 7) is 6.11. The van der Waals surface area contributed by atoms with Gasteiger partial charge in [-0.1, -0.05) is 25.2 Å². The molecule has 0 aromatic carbocycles. The second-order valence-electron chi connectivity index (χ2n) is 4.00. The Morgan fingerprint density at radius 1 is 1.50 bits per heavy atom. The predicted octanol–water partition coefficient (Wildman–Crippen LogP) is 2.45. The lowest BCUT2D eigenvalue weighted by molar-refractivity contribution is 0.111. The number of nitrogens with zero attached hydrogens (tertiary/aromatic N) is 2. The second-order valence-corrected chi connectivity index (χ2v) is 5.04. The van der Waals surface area contributed by atoms with Crippen LogP contribution in [0.25, 0.3) is 0 Å². The molecule has 1 aromatic heterocycles. The van der Waals surface area contributed by atoms with Crippen molar-refractivity contribution in [3.8, 4) is 0 Å². The minimum Gasteiger partial charge on any atom is -0.371 e. The van der Waals surface area contributed by atoms with E-state index >= 15 is 0 Å². The maximum absolute atomic E-state index is 5.61. The topological polar surface area (TPSA) is 47.0 Å². The normalized spacial score (nSPS) is 22.5. The summed E-state index contributed by atoms with van der Waals surface area (Å²) in [4.78, 5) is 0. The lowest BCUT2D eigenvalue weighted by Gasteiger charge is -2.11. The summed E-state index contributed by atoms with van der Waals surface area (Å²) in [6.07, 6.45) is 3.48. The smallest absolute Gasteiger partial charge is 0.146 e. The maximum atomic E-state index is 5.61. The fraction of sp³-hybridized carbons (Fsp3) is 0.818. The number of rotatable bonds is 5. The number of aromatic nitrogens is 2. The summed E-state index contributed by atoms with van der Waals surface area (Å²) in [5, 5.41) is 14.1. The van der Waals surface area contributed by atoms with Gasteiger partial charge >= 0.3 is 0 Å². The van der Waals surface area contributed by atoms with Crippen molar-refractivity contribution in [1.82, 2.24) is 15.5 Å². The molecule has 90 valence electrons. The lowest BCUT2D eigenvalue weighted by atomic mass is 10.2. The minimum absolute atomic E-state index is 0.199. The summed E-state index contributed by atoms with van der Waals surface area (Å²) in [6, 6.07) is 0.345. The van der Waals surface area contributed by atoms with Gasteiger partial charge in [0.2, 0.25) is 0 Å². The van der Waals surface area contributed by atoms with Crippen molar-refractivity contribution < 1.29 is 4.74 Å². The van der Waals surface area contributed by atoms with E-state index in [2.05, 4.69) is 29.4 Å². The number of hydrogen-bond acceptors (Lipinski definition) is 5. The summed E-state index contributed by atoms with van der Waals surface area (Å²) >= 11 is 1.69. The first kappa shape index (κ1) is 12.0. The van der Waals surface area contributed by atoms with Gasteiger partial charge in [-0.15, -0.1) is 10.2 Å². The first-order valence-corrected chi connectivity index (χ1v) is 6.85. The van der Waals surface area contributed by atoms with Crippen LogP contribution in [0.4, 0.5) is 0 Å². The second kappa shape index (κ2) is 5.70. The highest BCUT2D eigenvalue weighted by molar-refractivity contribution is 7.11. The van der Waals surface area contributed by atoms with Gasteiger partial charge in [0, 0.05) is 6.61 Å². The molecular formula is C11H19N3OS. The van der Waals surface area contributed by atoms with E-state index in [9.17, 15) is 0 Å². The first-order chi connectivity index (χ1) is 7.85. The zero-order valence-electron chi connectivity index (χ0n) is 9.90. The predicted molar refractivity (Wildman–Crippen MR) is 64.5 cm³/mol. The van der Waals surface area contributed by atoms with Crippen LogP contribution in [0.5, 0.6) is 0 Å². The Bertz CT molecular complexity index is 323. The van der Waals surface area contributed by atoms with Crippen LogP contribution in [0.15, 0.2) is 0 Å². The molecule has 4 nitrogen and oxygen atoms in total. The Hall–Kier alpha value is -0.520. The van der Waals surface area contributed by atoms with Gasteiger partial charge < -0.3 is 10.1 Å². The van der Waals surface area contributed by atoms with E-state index < -0.39 is 0 Å². The van der Waals surface area contributed by atoms with E-state index in [1.54, 1.807) is 11.3 Å². The van der Waals surface area contributed by atoms with Crippen molar-refractivity contribution in [3.63, 3.8) is 0 Å². The van der Waals surface area contributed by atoms with Gasteiger partial charge in [0.1, 0.15) is 16.1 Å². The van der Waals surface area contributed by atoms with Crippen LogP contribution < -0.4 is 5.32 Å². The molecule has 2 rings (SSSR count). The van der Waals surface area contributed by atoms with E-state index in [0.717, 1.165) is 42.4 Å². The maximum Gasteiger partial charge on any atom is 0.146 e. The van der Waals surface area contributed by atoms with Gasteiger partial charge in [-0.3, -0.25) is 0 Å². The summed E-state index contributed by atoms with van der Waals surface area (Å²) in [7, 11) is 0. The standard InChI is InChI=1S/C11H19N3OS/c1-3-8(12-4-2)10-13-14-11(16-10)9-6-5-7-15-9/h8-9,12H,3-7H2,1-2H3. The molecule has 0 amide bonds. The molecule has 5 heteroatoms. The fourth-order valence-electron chi connectivity index (χ4n) is 1.94. The summed E-state index contributed by atoms with van der Waals surface area (Å²) < 4.78 is 5.61. The molecular weight excluding hydrogens is 222 g/mol.